The molecule has 4 aromatic carbocycles. The summed E-state index contributed by atoms with van der Waals surface area (Å²) in [7, 11) is 0. The summed E-state index contributed by atoms with van der Waals surface area (Å²) in [6.07, 6.45) is -1.26. The van der Waals surface area contributed by atoms with Crippen LogP contribution in [0.3, 0.4) is 0 Å². The molecule has 4 aromatic rings. The van der Waals surface area contributed by atoms with Crippen molar-refractivity contribution < 1.29 is 51.9 Å². The van der Waals surface area contributed by atoms with Gasteiger partial charge >= 0.3 is 18.1 Å². The number of aryl methyl sites for hydroxylation is 2. The summed E-state index contributed by atoms with van der Waals surface area (Å²) < 4.78 is 59.2. The van der Waals surface area contributed by atoms with Crippen LogP contribution in [0.2, 0.25) is 0 Å². The molecular weight excluding hydrogens is 740 g/mol. The molecule has 0 aliphatic heterocycles. The fraction of sp³-hybridized carbons (Fsp3) is 0.300. The molecule has 1 aliphatic carbocycles. The van der Waals surface area contributed by atoms with Crippen LogP contribution in [0.1, 0.15) is 74.8 Å². The molecule has 2 amide bonds. The van der Waals surface area contributed by atoms with Crippen LogP contribution < -0.4 is 15.4 Å². The number of aliphatic carboxylic acids is 1. The zero-order chi connectivity index (χ0) is 39.7. The molecule has 0 heterocycles. The number of benzene rings is 4. The molecule has 11 nitrogen and oxygen atoms in total. The number of carboxylic acid groups (broad SMARTS) is 2. The number of carbonyl (C=O) groups is 4. The molecule has 1 fully saturated rings. The number of alkyl halides is 3. The van der Waals surface area contributed by atoms with Crippen molar-refractivity contribution >= 4 is 46.5 Å². The van der Waals surface area contributed by atoms with Gasteiger partial charge in [0.2, 0.25) is 0 Å². The lowest BCUT2D eigenvalue weighted by Gasteiger charge is -2.34. The van der Waals surface area contributed by atoms with Gasteiger partial charge in [0.05, 0.1) is 40.1 Å². The Morgan fingerprint density at radius 3 is 2.04 bits per heavy atom. The van der Waals surface area contributed by atoms with Gasteiger partial charge < -0.3 is 30.1 Å². The number of carbonyl (C=O) groups excluding carboxylic acids is 2. The molecular formula is C40H40F3N3O8S. The second-order valence-electron chi connectivity index (χ2n) is 13.1. The highest BCUT2D eigenvalue weighted by atomic mass is 32.2. The van der Waals surface area contributed by atoms with Gasteiger partial charge in [0, 0.05) is 23.9 Å². The Morgan fingerprint density at radius 2 is 1.45 bits per heavy atom. The van der Waals surface area contributed by atoms with Crippen molar-refractivity contribution in [1.82, 2.24) is 4.31 Å². The monoisotopic (exact) mass is 779 g/mol. The smallest absolute Gasteiger partial charge is 0.422 e. The lowest BCUT2D eigenvalue weighted by atomic mass is 9.86. The van der Waals surface area contributed by atoms with Gasteiger partial charge in [-0.25, -0.2) is 4.79 Å². The van der Waals surface area contributed by atoms with Crippen LogP contribution in [0.25, 0.3) is 0 Å². The van der Waals surface area contributed by atoms with Gasteiger partial charge in [0.15, 0.2) is 11.5 Å². The topological polar surface area (TPSA) is 168 Å². The van der Waals surface area contributed by atoms with Crippen molar-refractivity contribution in [2.45, 2.75) is 62.6 Å². The Balaban J connectivity index is 1.29. The van der Waals surface area contributed by atoms with E-state index in [4.69, 9.17) is 9.84 Å². The van der Waals surface area contributed by atoms with Crippen LogP contribution in [-0.4, -0.2) is 68.2 Å². The summed E-state index contributed by atoms with van der Waals surface area (Å²) in [6, 6.07) is 23.1. The molecule has 0 spiro atoms. The Morgan fingerprint density at radius 1 is 0.818 bits per heavy atom. The molecule has 1 atom stereocenters. The summed E-state index contributed by atoms with van der Waals surface area (Å²) in [6.45, 7) is 0.693. The van der Waals surface area contributed by atoms with E-state index >= 15 is 0 Å². The maximum atomic E-state index is 13.7. The predicted molar refractivity (Wildman–Crippen MR) is 200 cm³/mol. The third kappa shape index (κ3) is 11.3. The number of hydrogen-bond donors (Lipinski definition) is 4. The maximum Gasteiger partial charge on any atom is 0.422 e. The predicted octanol–water partition coefficient (Wildman–Crippen LogP) is 7.60. The average molecular weight is 780 g/mol. The minimum absolute atomic E-state index is 0.00991. The molecule has 15 heteroatoms. The number of anilines is 2. The van der Waals surface area contributed by atoms with Crippen LogP contribution >= 0.6 is 0 Å². The van der Waals surface area contributed by atoms with Gasteiger partial charge in [-0.15, -0.1) is 4.31 Å². The van der Waals surface area contributed by atoms with Crippen molar-refractivity contribution in [3.63, 3.8) is 0 Å². The normalized spacial score (nSPS) is 16.3. The summed E-state index contributed by atoms with van der Waals surface area (Å²) >= 11 is -1.66. The Kier molecular flexibility index (Phi) is 13.6. The molecule has 1 unspecified atom stereocenters. The summed E-state index contributed by atoms with van der Waals surface area (Å²) in [4.78, 5) is 50.0. The number of halogens is 3. The van der Waals surface area contributed by atoms with Crippen molar-refractivity contribution in [2.75, 3.05) is 23.8 Å². The van der Waals surface area contributed by atoms with Crippen LogP contribution in [-0.2, 0) is 29.0 Å². The Labute approximate surface area is 318 Å². The van der Waals surface area contributed by atoms with E-state index in [1.54, 1.807) is 52.8 Å². The van der Waals surface area contributed by atoms with Crippen LogP contribution in [0.15, 0.2) is 95.9 Å². The minimum atomic E-state index is -4.63. The summed E-state index contributed by atoms with van der Waals surface area (Å²) in [5, 5.41) is 23.8. The van der Waals surface area contributed by atoms with Crippen LogP contribution in [0.4, 0.5) is 24.5 Å². The zero-order valence-electron chi connectivity index (χ0n) is 29.8. The second-order valence-corrected chi connectivity index (χ2v) is 14.5. The summed E-state index contributed by atoms with van der Waals surface area (Å²) in [5.41, 5.74) is 2.40. The molecule has 55 heavy (non-hydrogen) atoms. The Hall–Kier alpha value is -5.38. The van der Waals surface area contributed by atoms with E-state index in [0.29, 0.717) is 55.7 Å². The molecule has 1 saturated carbocycles. The quantitative estimate of drug-likeness (QED) is 0.0888. The third-order valence-corrected chi connectivity index (χ3v) is 10.9. The first-order valence-electron chi connectivity index (χ1n) is 17.6. The van der Waals surface area contributed by atoms with Crippen LogP contribution in [0.5, 0.6) is 5.75 Å². The SMILES string of the molecule is CCN(C1CCC(C(=O)O)CC1)[S+]([O-])c1cccc(C(=O)Nc2ccc(OCC(F)(F)F)cc2C(=O)Nc2ccc(CCc3ccc(C(=O)O)cc3)cc2)c1. The number of nitrogens with one attached hydrogen (secondary N) is 2. The molecule has 0 aromatic heterocycles. The Bertz CT molecular complexity index is 1990. The summed E-state index contributed by atoms with van der Waals surface area (Å²) in [5.74, 6) is -3.91. The molecule has 5 rings (SSSR count). The molecule has 4 N–H and O–H groups in total. The number of amides is 2. The van der Waals surface area contributed by atoms with E-state index in [2.05, 4.69) is 10.6 Å². The van der Waals surface area contributed by atoms with Crippen molar-refractivity contribution in [3.8, 4) is 5.75 Å². The number of ether oxygens (including phenoxy) is 1. The molecule has 0 bridgehead atoms. The van der Waals surface area contributed by atoms with E-state index in [1.165, 1.54) is 36.4 Å². The molecule has 1 aliphatic rings. The number of carboxylic acids is 2. The highest BCUT2D eigenvalue weighted by Crippen LogP contribution is 2.32. The first-order valence-corrected chi connectivity index (χ1v) is 18.7. The standard InChI is InChI=1S/C40H40F3N3O8S/c1-2-46(31-18-14-28(15-19-31)39(51)52)55(53)33-5-3-4-29(22-33)36(47)45-35-21-20-32(54-24-40(41,42)43)23-34(35)37(48)44-30-16-10-26(11-17-30)7-6-25-8-12-27(13-9-25)38(49)50/h3-5,8-13,16-17,20-23,28,31H,2,6-7,14-15,18-19,24H2,1H3,(H,44,48)(H,45,47)(H,49,50)(H,51,52). The fourth-order valence-corrected chi connectivity index (χ4v) is 7.74. The number of aromatic carboxylic acids is 1. The largest absolute Gasteiger partial charge is 0.593 e. The van der Waals surface area contributed by atoms with E-state index in [9.17, 15) is 42.0 Å². The highest BCUT2D eigenvalue weighted by molar-refractivity contribution is 7.89. The minimum Gasteiger partial charge on any atom is -0.593 e. The van der Waals surface area contributed by atoms with Gasteiger partial charge in [-0.2, -0.15) is 13.2 Å². The van der Waals surface area contributed by atoms with E-state index in [1.807, 2.05) is 6.92 Å². The van der Waals surface area contributed by atoms with Crippen LogP contribution in [0, 0.1) is 5.92 Å². The van der Waals surface area contributed by atoms with E-state index in [-0.39, 0.29) is 34.2 Å². The number of rotatable bonds is 15. The van der Waals surface area contributed by atoms with Crippen molar-refractivity contribution in [1.29, 1.82) is 0 Å². The molecule has 0 saturated heterocycles. The van der Waals surface area contributed by atoms with Crippen molar-refractivity contribution in [2.24, 2.45) is 5.92 Å². The first kappa shape index (κ1) is 40.8. The van der Waals surface area contributed by atoms with Crippen molar-refractivity contribution in [3.05, 3.63) is 119 Å². The fourth-order valence-electron chi connectivity index (χ4n) is 6.33. The van der Waals surface area contributed by atoms with Gasteiger partial charge in [-0.3, -0.25) is 14.4 Å². The molecule has 290 valence electrons. The highest BCUT2D eigenvalue weighted by Gasteiger charge is 2.35. The number of hydrogen-bond acceptors (Lipinski definition) is 7. The number of nitrogens with zero attached hydrogens (tertiary/aromatic N) is 1. The van der Waals surface area contributed by atoms with Gasteiger partial charge in [0.1, 0.15) is 5.75 Å². The van der Waals surface area contributed by atoms with Gasteiger partial charge in [-0.1, -0.05) is 30.3 Å². The zero-order valence-corrected chi connectivity index (χ0v) is 30.6. The lowest BCUT2D eigenvalue weighted by Crippen LogP contribution is -2.42. The maximum absolute atomic E-state index is 13.7. The van der Waals surface area contributed by atoms with E-state index in [0.717, 1.165) is 17.2 Å². The van der Waals surface area contributed by atoms with Gasteiger partial charge in [0.25, 0.3) is 11.8 Å². The second kappa shape index (κ2) is 18.3. The molecule has 0 radical (unpaired) electrons. The lowest BCUT2D eigenvalue weighted by molar-refractivity contribution is -0.153. The third-order valence-electron chi connectivity index (χ3n) is 9.28. The van der Waals surface area contributed by atoms with E-state index < -0.39 is 53.8 Å². The average Bonchev–Trinajstić information content (AvgIpc) is 3.17. The first-order chi connectivity index (χ1) is 26.2. The van der Waals surface area contributed by atoms with Gasteiger partial charge in [-0.05, 0) is 111 Å².